The van der Waals surface area contributed by atoms with Crippen LogP contribution < -0.4 is 24.8 Å². The van der Waals surface area contributed by atoms with Gasteiger partial charge < -0.3 is 34.4 Å². The molecular weight excluding hydrogens is 1970 g/mol. The molecule has 0 fully saturated rings. The molecular formula is C126H90B3Br4N3O4. The maximum absolute atomic E-state index is 9.23. The average molecular weight is 2060 g/mol. The minimum atomic E-state index is -1.45. The molecule has 24 aromatic rings. The normalized spacial score (nSPS) is 10.8. The molecule has 0 spiro atoms. The quantitative estimate of drug-likeness (QED) is 0.0697. The number of anilines is 9. The number of nitrogens with zero attached hydrogens (tertiary/aromatic N) is 3. The summed E-state index contributed by atoms with van der Waals surface area (Å²) in [6.07, 6.45) is 0. The van der Waals surface area contributed by atoms with Crippen LogP contribution in [0.3, 0.4) is 0 Å². The van der Waals surface area contributed by atoms with E-state index < -0.39 is 7.12 Å². The van der Waals surface area contributed by atoms with Gasteiger partial charge in [0.2, 0.25) is 0 Å². The Balaban J connectivity index is 0.000000117. The fourth-order valence-corrected chi connectivity index (χ4v) is 19.3. The number of hydrogen-bond donors (Lipinski definition) is 3. The largest absolute Gasteiger partial charge is 0.569 e. The summed E-state index contributed by atoms with van der Waals surface area (Å²) in [4.78, 5) is 6.65. The predicted octanol–water partition coefficient (Wildman–Crippen LogP) is 35.2. The van der Waals surface area contributed by atoms with Gasteiger partial charge in [0.05, 0.1) is 0 Å². The van der Waals surface area contributed by atoms with E-state index in [-0.39, 0.29) is 8.41 Å². The van der Waals surface area contributed by atoms with Crippen LogP contribution in [-0.4, -0.2) is 38.3 Å². The topological polar surface area (TPSA) is 79.6 Å². The number of fused-ring (bicyclic) bond motifs is 12. The van der Waals surface area contributed by atoms with E-state index in [9.17, 15) is 10.0 Å². The molecule has 140 heavy (non-hydrogen) atoms. The van der Waals surface area contributed by atoms with Gasteiger partial charge in [-0.1, -0.05) is 397 Å². The fraction of sp³-hybridized carbons (Fsp3) is 0. The number of halogens is 4. The Bertz CT molecular complexity index is 8200. The second-order valence-electron chi connectivity index (χ2n) is 33.4. The molecule has 24 aromatic carbocycles. The number of para-hydroxylation sites is 6. The monoisotopic (exact) mass is 2060 g/mol. The van der Waals surface area contributed by atoms with Crippen molar-refractivity contribution in [2.75, 3.05) is 14.7 Å². The molecule has 4 radical (unpaired) electrons. The van der Waals surface area contributed by atoms with Crippen molar-refractivity contribution in [1.82, 2.24) is 0 Å². The van der Waals surface area contributed by atoms with E-state index in [4.69, 9.17) is 9.68 Å². The molecule has 14 heteroatoms. The van der Waals surface area contributed by atoms with Crippen LogP contribution in [0.15, 0.2) is 546 Å². The van der Waals surface area contributed by atoms with Crippen LogP contribution in [0.1, 0.15) is 0 Å². The van der Waals surface area contributed by atoms with Crippen molar-refractivity contribution in [3.05, 3.63) is 546 Å². The lowest BCUT2D eigenvalue weighted by atomic mass is 9.80. The zero-order valence-electron chi connectivity index (χ0n) is 76.1. The summed E-state index contributed by atoms with van der Waals surface area (Å²) in [5.41, 5.74) is 17.9. The molecule has 0 atom stereocenters. The van der Waals surface area contributed by atoms with Gasteiger partial charge in [-0.2, -0.15) is 0 Å². The summed E-state index contributed by atoms with van der Waals surface area (Å²) in [5, 5.41) is 49.6. The molecule has 0 bridgehead atoms. The molecule has 3 N–H and O–H groups in total. The fourth-order valence-electron chi connectivity index (χ4n) is 17.9. The molecule has 0 aromatic heterocycles. The summed E-state index contributed by atoms with van der Waals surface area (Å²) in [5.74, 6) is 0.668. The van der Waals surface area contributed by atoms with E-state index >= 15 is 0 Å². The van der Waals surface area contributed by atoms with Crippen LogP contribution in [0.25, 0.3) is 130 Å². The molecule has 0 aliphatic carbocycles. The molecule has 7 nitrogen and oxygen atoms in total. The van der Waals surface area contributed by atoms with Crippen molar-refractivity contribution in [3.63, 3.8) is 0 Å². The minimum Gasteiger partial charge on any atom is -0.537 e. The Morgan fingerprint density at radius 1 is 0.193 bits per heavy atom. The van der Waals surface area contributed by atoms with Gasteiger partial charge in [0.1, 0.15) is 5.75 Å². The maximum atomic E-state index is 9.23. The van der Waals surface area contributed by atoms with Gasteiger partial charge in [-0.25, -0.2) is 0 Å². The standard InChI is InChI=1S/C42H29N.C24H15Br.C18H16BNO2.C18H14BrN.C14H10BO2.C10H6Br2.B/c1-3-12-36(13-4-1)43(37-14-5-2-6-15-37)38-25-23-30(24-26-38)31-19-20-33-28-35(22-21-32(33)27-31)42-29-34-11-7-8-16-39(34)40-17-9-10-18-41(40)42;25-20-12-11-16-13-19(10-9-17(16)14-20)24-15-18-5-1-2-6-21(18)22-7-3-4-8-23(22)24;21-19(22)15-11-13-18(14-12-15)20(16-7-3-1-4-8-16)17-9-5-2-6-10-17;19-15-11-13-18(14-12-15)20(16-7-3-1-4-8-16)17-9-5-2-6-10-17;16-15-17-14-9-10-5-1-2-6-11(10)12-7-3-4-8-13(12)14;11-9-3-1-7-5-10(12)4-2-8(7)6-9;/h1-29H;1-15H;1-14,21-22H;1-14H;1-9,16H;1-6H;. The lowest BCUT2D eigenvalue weighted by Crippen LogP contribution is -2.29. The Labute approximate surface area is 852 Å². The van der Waals surface area contributed by atoms with Crippen LogP contribution in [0.5, 0.6) is 5.75 Å². The van der Waals surface area contributed by atoms with Crippen molar-refractivity contribution in [2.24, 2.45) is 0 Å². The highest BCUT2D eigenvalue weighted by atomic mass is 79.9. The highest BCUT2D eigenvalue weighted by Gasteiger charge is 2.20. The molecule has 0 saturated heterocycles. The van der Waals surface area contributed by atoms with Gasteiger partial charge >= 0.3 is 14.8 Å². The van der Waals surface area contributed by atoms with Crippen LogP contribution in [0, 0.1) is 0 Å². The van der Waals surface area contributed by atoms with E-state index in [0.717, 1.165) is 92.9 Å². The minimum absolute atomic E-state index is 0. The lowest BCUT2D eigenvalue weighted by Gasteiger charge is -2.25. The summed E-state index contributed by atoms with van der Waals surface area (Å²) in [7, 11) is -0.729. The van der Waals surface area contributed by atoms with E-state index in [1.165, 1.54) is 114 Å². The average Bonchev–Trinajstić information content (AvgIpc) is 0.763. The van der Waals surface area contributed by atoms with Crippen molar-refractivity contribution in [1.29, 1.82) is 0 Å². The highest BCUT2D eigenvalue weighted by Crippen LogP contribution is 2.44. The van der Waals surface area contributed by atoms with Gasteiger partial charge in [0, 0.05) is 82.9 Å². The Morgan fingerprint density at radius 3 is 0.764 bits per heavy atom. The van der Waals surface area contributed by atoms with Crippen LogP contribution in [0.4, 0.5) is 51.2 Å². The second-order valence-corrected chi connectivity index (χ2v) is 37.0. The third-order valence-electron chi connectivity index (χ3n) is 24.6. The van der Waals surface area contributed by atoms with Gasteiger partial charge in [-0.15, -0.1) is 0 Å². The van der Waals surface area contributed by atoms with Crippen molar-refractivity contribution in [2.45, 2.75) is 0 Å². The van der Waals surface area contributed by atoms with E-state index in [0.29, 0.717) is 11.2 Å². The summed E-state index contributed by atoms with van der Waals surface area (Å²) < 4.78 is 9.60. The molecule has 0 saturated carbocycles. The lowest BCUT2D eigenvalue weighted by molar-refractivity contribution is 0.425. The number of hydrogen-bond acceptors (Lipinski definition) is 7. The molecule has 0 aliphatic rings. The molecule has 670 valence electrons. The molecule has 0 unspecified atom stereocenters. The summed E-state index contributed by atoms with van der Waals surface area (Å²) >= 11 is 13.9. The first-order valence-corrected chi connectivity index (χ1v) is 49.0. The Kier molecular flexibility index (Phi) is 30.9. The third kappa shape index (κ3) is 22.3. The van der Waals surface area contributed by atoms with Gasteiger partial charge in [-0.05, 0) is 325 Å². The summed E-state index contributed by atoms with van der Waals surface area (Å²) in [6.45, 7) is 0. The van der Waals surface area contributed by atoms with E-state index in [1.54, 1.807) is 12.1 Å². The van der Waals surface area contributed by atoms with Crippen molar-refractivity contribution in [3.8, 4) is 39.1 Å². The van der Waals surface area contributed by atoms with Crippen molar-refractivity contribution < 1.29 is 19.7 Å². The Hall–Kier alpha value is -15.2. The van der Waals surface area contributed by atoms with Crippen molar-refractivity contribution >= 4 is 241 Å². The van der Waals surface area contributed by atoms with Crippen LogP contribution in [-0.2, 0) is 0 Å². The van der Waals surface area contributed by atoms with Crippen LogP contribution in [0.2, 0.25) is 0 Å². The second kappa shape index (κ2) is 45.4. The first kappa shape index (κ1) is 95.1. The van der Waals surface area contributed by atoms with Gasteiger partial charge in [0.25, 0.3) is 0 Å². The smallest absolute Gasteiger partial charge is 0.537 e. The zero-order valence-corrected chi connectivity index (χ0v) is 82.4. The van der Waals surface area contributed by atoms with Gasteiger partial charge in [0.15, 0.2) is 0 Å². The SMILES string of the molecule is Brc1ccc(N(c2ccccc2)c2ccccc2)cc1.Brc1ccc2cc(-c3cc4ccccc4c4ccccc34)ccc2c1.Brc1ccc2cc(Br)ccc2c1.OB(O)c1ccc(N(c2ccccc2)c2ccccc2)cc1.O[B]Oc1cc2ccccc2c2ccccc12.[B].c1ccc(N(c2ccccc2)c2ccc(-c3ccc4cc(-c5cc6ccccc6c6ccccc56)ccc4c3)cc2)cc1. The summed E-state index contributed by atoms with van der Waals surface area (Å²) in [6, 6.07) is 183. The zero-order chi connectivity index (χ0) is 94.8. The Morgan fingerprint density at radius 2 is 0.429 bits per heavy atom. The van der Waals surface area contributed by atoms with Gasteiger partial charge in [-0.3, -0.25) is 0 Å². The number of rotatable bonds is 15. The first-order chi connectivity index (χ1) is 68.4. The highest BCUT2D eigenvalue weighted by molar-refractivity contribution is 9.11. The molecule has 0 heterocycles. The molecule has 0 amide bonds. The third-order valence-corrected chi connectivity index (χ3v) is 26.6. The molecule has 0 aliphatic heterocycles. The first-order valence-electron chi connectivity index (χ1n) is 45.8. The molecule has 24 rings (SSSR count). The van der Waals surface area contributed by atoms with E-state index in [1.807, 2.05) is 127 Å². The maximum Gasteiger partial charge on any atom is 0.569 e. The number of benzene rings is 24. The van der Waals surface area contributed by atoms with Crippen LogP contribution >= 0.6 is 63.7 Å². The predicted molar refractivity (Wildman–Crippen MR) is 612 cm³/mol. The van der Waals surface area contributed by atoms with E-state index in [2.05, 4.69) is 467 Å².